The summed E-state index contributed by atoms with van der Waals surface area (Å²) < 4.78 is 123. The number of hydrogen-bond acceptors (Lipinski definition) is 7. The lowest BCUT2D eigenvalue weighted by Crippen LogP contribution is -2.34. The van der Waals surface area contributed by atoms with Gasteiger partial charge in [-0.05, 0) is 67.5 Å². The van der Waals surface area contributed by atoms with E-state index < -0.39 is 59.9 Å². The molecule has 1 aliphatic rings. The van der Waals surface area contributed by atoms with Crippen LogP contribution in [0.5, 0.6) is 0 Å². The fourth-order valence-electron chi connectivity index (χ4n) is 5.33. The van der Waals surface area contributed by atoms with Crippen molar-refractivity contribution in [3.05, 3.63) is 64.0 Å². The first-order valence-corrected chi connectivity index (χ1v) is 13.6. The van der Waals surface area contributed by atoms with E-state index in [-0.39, 0.29) is 23.6 Å². The van der Waals surface area contributed by atoms with Crippen LogP contribution in [0.4, 0.5) is 45.5 Å². The molecule has 1 fully saturated rings. The molecule has 0 saturated carbocycles. The number of hydrogen-bond donors (Lipinski definition) is 0. The number of alkyl halides is 9. The molecule has 3 heterocycles. The van der Waals surface area contributed by atoms with Crippen molar-refractivity contribution in [1.82, 2.24) is 35.0 Å². The number of aromatic nitrogens is 5. The zero-order chi connectivity index (χ0) is 32.6. The smallest absolute Gasteiger partial charge is 0.329 e. The van der Waals surface area contributed by atoms with Gasteiger partial charge in [0.2, 0.25) is 0 Å². The van der Waals surface area contributed by atoms with Crippen molar-refractivity contribution in [2.45, 2.75) is 63.5 Å². The van der Waals surface area contributed by atoms with E-state index >= 15 is 0 Å². The van der Waals surface area contributed by atoms with Crippen molar-refractivity contribution >= 4 is 5.95 Å². The third kappa shape index (κ3) is 7.78. The van der Waals surface area contributed by atoms with Crippen molar-refractivity contribution in [2.75, 3.05) is 32.1 Å². The molecular formula is C27H31F9N8. The van der Waals surface area contributed by atoms with Crippen LogP contribution in [0, 0.1) is 0 Å². The Bertz CT molecular complexity index is 1400. The average Bonchev–Trinajstić information content (AvgIpc) is 3.57. The second-order valence-electron chi connectivity index (χ2n) is 10.9. The van der Waals surface area contributed by atoms with Gasteiger partial charge in [-0.15, -0.1) is 5.10 Å². The van der Waals surface area contributed by atoms with Crippen LogP contribution >= 0.6 is 0 Å². The molecule has 1 aliphatic heterocycles. The van der Waals surface area contributed by atoms with Crippen LogP contribution < -0.4 is 4.90 Å². The standard InChI is InChI=1S/C27H31F9N8/c1-5-22(43-7-6-21(15-43)41(2)3)23-17(10-20(12-37-23)27(34,35)36)14-44(24-38-40-42(4)39-24)13-16-8-18(25(28,29)30)11-19(9-16)26(31,32)33/h8-12,21-22H,5-7,13-15H2,1-4H3/t21-,22?/m1/s1. The molecule has 8 nitrogen and oxygen atoms in total. The average molecular weight is 639 g/mol. The predicted octanol–water partition coefficient (Wildman–Crippen LogP) is 5.96. The van der Waals surface area contributed by atoms with Gasteiger partial charge in [0, 0.05) is 38.4 Å². The van der Waals surface area contributed by atoms with Crippen LogP contribution in [0.2, 0.25) is 0 Å². The van der Waals surface area contributed by atoms with Gasteiger partial charge in [0.05, 0.1) is 35.5 Å². The third-order valence-corrected chi connectivity index (χ3v) is 7.56. The van der Waals surface area contributed by atoms with Crippen LogP contribution in [-0.4, -0.2) is 68.2 Å². The molecule has 0 radical (unpaired) electrons. The van der Waals surface area contributed by atoms with E-state index in [4.69, 9.17) is 0 Å². The highest BCUT2D eigenvalue weighted by Crippen LogP contribution is 2.38. The number of likely N-dealkylation sites (tertiary alicyclic amines) is 1. The maximum absolute atomic E-state index is 13.8. The number of anilines is 1. The van der Waals surface area contributed by atoms with Gasteiger partial charge in [-0.2, -0.15) is 44.3 Å². The highest BCUT2D eigenvalue weighted by Gasteiger charge is 2.38. The van der Waals surface area contributed by atoms with Gasteiger partial charge in [0.15, 0.2) is 0 Å². The molecule has 1 saturated heterocycles. The fourth-order valence-corrected chi connectivity index (χ4v) is 5.33. The van der Waals surface area contributed by atoms with Crippen molar-refractivity contribution in [2.24, 2.45) is 7.05 Å². The first-order chi connectivity index (χ1) is 20.4. The maximum Gasteiger partial charge on any atom is 0.417 e. The number of tetrazole rings is 1. The summed E-state index contributed by atoms with van der Waals surface area (Å²) >= 11 is 0. The molecule has 0 N–H and O–H groups in total. The molecule has 242 valence electrons. The minimum atomic E-state index is -5.09. The van der Waals surface area contributed by atoms with Gasteiger partial charge in [0.1, 0.15) is 0 Å². The molecule has 2 aromatic heterocycles. The summed E-state index contributed by atoms with van der Waals surface area (Å²) in [5.74, 6) is -0.205. The van der Waals surface area contributed by atoms with E-state index in [0.717, 1.165) is 23.5 Å². The number of benzene rings is 1. The topological polar surface area (TPSA) is 66.2 Å². The fraction of sp³-hybridized carbons (Fsp3) is 0.556. The van der Waals surface area contributed by atoms with E-state index in [1.807, 2.05) is 21.0 Å². The SMILES string of the molecule is CCC(c1ncc(C(F)(F)F)cc1CN(Cc1cc(C(F)(F)F)cc(C(F)(F)F)c1)c1nnn(C)n1)N1CC[C@@H](N(C)C)C1. The molecule has 4 rings (SSSR count). The van der Waals surface area contributed by atoms with Crippen LogP contribution in [-0.2, 0) is 38.7 Å². The second-order valence-corrected chi connectivity index (χ2v) is 10.9. The highest BCUT2D eigenvalue weighted by molar-refractivity contribution is 5.40. The number of rotatable bonds is 9. The second kappa shape index (κ2) is 12.5. The first-order valence-electron chi connectivity index (χ1n) is 13.6. The molecule has 0 amide bonds. The van der Waals surface area contributed by atoms with Gasteiger partial charge >= 0.3 is 18.5 Å². The van der Waals surface area contributed by atoms with E-state index in [0.29, 0.717) is 37.3 Å². The lowest BCUT2D eigenvalue weighted by molar-refractivity contribution is -0.143. The molecule has 2 atom stereocenters. The van der Waals surface area contributed by atoms with Gasteiger partial charge in [-0.25, -0.2) is 0 Å². The molecular weight excluding hydrogens is 607 g/mol. The molecule has 0 spiro atoms. The summed E-state index contributed by atoms with van der Waals surface area (Å²) in [7, 11) is 5.25. The van der Waals surface area contributed by atoms with Crippen molar-refractivity contribution < 1.29 is 39.5 Å². The third-order valence-electron chi connectivity index (χ3n) is 7.56. The largest absolute Gasteiger partial charge is 0.417 e. The summed E-state index contributed by atoms with van der Waals surface area (Å²) in [4.78, 5) is 10.6. The van der Waals surface area contributed by atoms with E-state index in [1.165, 1.54) is 11.9 Å². The molecule has 1 aromatic carbocycles. The number of aryl methyl sites for hydroxylation is 1. The van der Waals surface area contributed by atoms with Gasteiger partial charge in [-0.3, -0.25) is 9.88 Å². The van der Waals surface area contributed by atoms with E-state index in [1.54, 1.807) is 0 Å². The zero-order valence-electron chi connectivity index (χ0n) is 24.3. The van der Waals surface area contributed by atoms with Crippen molar-refractivity contribution in [3.8, 4) is 0 Å². The molecule has 17 heteroatoms. The van der Waals surface area contributed by atoms with Crippen LogP contribution in [0.3, 0.4) is 0 Å². The zero-order valence-corrected chi connectivity index (χ0v) is 24.3. The Hall–Kier alpha value is -3.47. The lowest BCUT2D eigenvalue weighted by atomic mass is 10.0. The number of pyridine rings is 1. The minimum absolute atomic E-state index is 0.00608. The quantitative estimate of drug-likeness (QED) is 0.268. The van der Waals surface area contributed by atoms with Crippen LogP contribution in [0.1, 0.15) is 59.3 Å². The van der Waals surface area contributed by atoms with Crippen molar-refractivity contribution in [1.29, 1.82) is 0 Å². The summed E-state index contributed by atoms with van der Waals surface area (Å²) in [6.07, 6.45) is -12.9. The summed E-state index contributed by atoms with van der Waals surface area (Å²) in [5, 5.41) is 11.6. The Kier molecular flexibility index (Phi) is 9.49. The molecule has 1 unspecified atom stereocenters. The van der Waals surface area contributed by atoms with E-state index in [2.05, 4.69) is 30.2 Å². The van der Waals surface area contributed by atoms with E-state index in [9.17, 15) is 39.5 Å². The van der Waals surface area contributed by atoms with Gasteiger partial charge < -0.3 is 9.80 Å². The first kappa shape index (κ1) is 33.4. The lowest BCUT2D eigenvalue weighted by Gasteiger charge is -2.31. The molecule has 44 heavy (non-hydrogen) atoms. The molecule has 0 aliphatic carbocycles. The summed E-state index contributed by atoms with van der Waals surface area (Å²) in [5.41, 5.74) is -4.10. The molecule has 3 aromatic rings. The van der Waals surface area contributed by atoms with Crippen molar-refractivity contribution in [3.63, 3.8) is 0 Å². The predicted molar refractivity (Wildman–Crippen MR) is 141 cm³/mol. The number of likely N-dealkylation sites (N-methyl/N-ethyl adjacent to an activating group) is 1. The Morgan fingerprint density at radius 3 is 1.98 bits per heavy atom. The summed E-state index contributed by atoms with van der Waals surface area (Å²) in [6.45, 7) is 2.14. The van der Waals surface area contributed by atoms with Crippen LogP contribution in [0.25, 0.3) is 0 Å². The minimum Gasteiger partial charge on any atom is -0.329 e. The Labute approximate surface area is 247 Å². The van der Waals surface area contributed by atoms with Gasteiger partial charge in [-0.1, -0.05) is 12.0 Å². The Morgan fingerprint density at radius 2 is 1.50 bits per heavy atom. The van der Waals surface area contributed by atoms with Gasteiger partial charge in [0.25, 0.3) is 5.95 Å². The van der Waals surface area contributed by atoms with Crippen LogP contribution in [0.15, 0.2) is 30.5 Å². The molecule has 0 bridgehead atoms. The number of halogens is 9. The monoisotopic (exact) mass is 638 g/mol. The maximum atomic E-state index is 13.8. The highest BCUT2D eigenvalue weighted by atomic mass is 19.4. The number of nitrogens with zero attached hydrogens (tertiary/aromatic N) is 8. The normalized spacial score (nSPS) is 17.5. The Morgan fingerprint density at radius 1 is 0.886 bits per heavy atom. The Balaban J connectivity index is 1.80. The summed E-state index contributed by atoms with van der Waals surface area (Å²) in [6, 6.07) is 1.84.